The van der Waals surface area contributed by atoms with Gasteiger partial charge < -0.3 is 25.8 Å². The van der Waals surface area contributed by atoms with Crippen molar-refractivity contribution in [3.63, 3.8) is 0 Å². The molecule has 0 rings (SSSR count). The van der Waals surface area contributed by atoms with Crippen LogP contribution in [0.3, 0.4) is 0 Å². The number of hydrogen-bond donors (Lipinski definition) is 4. The molecule has 0 aliphatic carbocycles. The van der Waals surface area contributed by atoms with Crippen LogP contribution in [0.15, 0.2) is 4.99 Å². The number of carbonyl (C=O) groups excluding carboxylic acids is 1. The van der Waals surface area contributed by atoms with Crippen molar-refractivity contribution in [1.82, 2.24) is 16.0 Å². The van der Waals surface area contributed by atoms with Crippen molar-refractivity contribution >= 4 is 36.0 Å². The van der Waals surface area contributed by atoms with Crippen molar-refractivity contribution in [2.45, 2.75) is 73.3 Å². The largest absolute Gasteiger partial charge is 0.450 e. The topological polar surface area (TPSA) is 95.0 Å². The van der Waals surface area contributed by atoms with Crippen molar-refractivity contribution in [1.29, 1.82) is 0 Å². The molecule has 0 aliphatic heterocycles. The molecule has 0 aromatic carbocycles. The van der Waals surface area contributed by atoms with Crippen LogP contribution in [0.5, 0.6) is 0 Å². The average Bonchev–Trinajstić information content (AvgIpc) is 2.62. The fraction of sp³-hybridized carbons (Fsp3) is 0.900. The Morgan fingerprint density at radius 2 is 1.79 bits per heavy atom. The third kappa shape index (κ3) is 12.6. The maximum Gasteiger partial charge on any atom is 0.407 e. The number of guanidine groups is 1. The Balaban J connectivity index is 0. The van der Waals surface area contributed by atoms with E-state index >= 15 is 0 Å². The number of carbonyl (C=O) groups is 1. The highest BCUT2D eigenvalue weighted by Crippen LogP contribution is 2.30. The zero-order valence-corrected chi connectivity index (χ0v) is 21.0. The molecule has 0 spiro atoms. The van der Waals surface area contributed by atoms with E-state index in [0.717, 1.165) is 38.2 Å². The van der Waals surface area contributed by atoms with Gasteiger partial charge >= 0.3 is 6.09 Å². The van der Waals surface area contributed by atoms with Crippen LogP contribution in [0.25, 0.3) is 0 Å². The van der Waals surface area contributed by atoms with E-state index in [1.807, 2.05) is 6.92 Å². The lowest BCUT2D eigenvalue weighted by Crippen LogP contribution is -2.48. The second kappa shape index (κ2) is 17.1. The molecular weight excluding hydrogens is 471 g/mol. The minimum Gasteiger partial charge on any atom is -0.450 e. The smallest absolute Gasteiger partial charge is 0.407 e. The van der Waals surface area contributed by atoms with E-state index in [0.29, 0.717) is 25.6 Å². The maximum atomic E-state index is 11.8. The van der Waals surface area contributed by atoms with Crippen LogP contribution in [0.4, 0.5) is 4.79 Å². The number of nitrogens with one attached hydrogen (secondary N) is 3. The van der Waals surface area contributed by atoms with Crippen molar-refractivity contribution in [3.8, 4) is 0 Å². The molecule has 1 amide bonds. The number of rotatable bonds is 13. The lowest BCUT2D eigenvalue weighted by molar-refractivity contribution is 0.146. The van der Waals surface area contributed by atoms with Crippen LogP contribution in [0.2, 0.25) is 0 Å². The summed E-state index contributed by atoms with van der Waals surface area (Å²) in [7, 11) is 0. The first kappa shape index (κ1) is 29.4. The third-order valence-corrected chi connectivity index (χ3v) is 4.93. The molecule has 4 N–H and O–H groups in total. The summed E-state index contributed by atoms with van der Waals surface area (Å²) in [6.45, 7) is 14.9. The van der Waals surface area contributed by atoms with Crippen LogP contribution >= 0.6 is 24.0 Å². The standard InChI is InChI=1S/C20H42N4O3.HI/c1-7-20(8-2,11-12-25)15-23-18(21-9-3)22-14-17(13-16(5)6)24-19(26)27-10-4;/h16-17,25H,7-15H2,1-6H3,(H,24,26)(H2,21,22,23);1H. The first-order chi connectivity index (χ1) is 12.9. The van der Waals surface area contributed by atoms with Crippen LogP contribution < -0.4 is 16.0 Å². The lowest BCUT2D eigenvalue weighted by Gasteiger charge is -2.29. The Morgan fingerprint density at radius 1 is 1.14 bits per heavy atom. The number of alkyl carbamates (subject to hydrolysis) is 1. The Labute approximate surface area is 188 Å². The average molecular weight is 514 g/mol. The minimum atomic E-state index is -0.384. The molecule has 0 saturated carbocycles. The number of aliphatic imine (C=N–C) groups is 1. The van der Waals surface area contributed by atoms with Crippen LogP contribution in [-0.4, -0.2) is 56.0 Å². The SMILES string of the molecule is CCNC(=NCC(CC)(CC)CCO)NCC(CC(C)C)NC(=O)OCC.I. The van der Waals surface area contributed by atoms with Crippen molar-refractivity contribution < 1.29 is 14.6 Å². The molecule has 28 heavy (non-hydrogen) atoms. The van der Waals surface area contributed by atoms with Crippen molar-refractivity contribution in [3.05, 3.63) is 0 Å². The zero-order chi connectivity index (χ0) is 20.7. The van der Waals surface area contributed by atoms with Crippen molar-refractivity contribution in [2.24, 2.45) is 16.3 Å². The Kier molecular flexibility index (Phi) is 18.0. The summed E-state index contributed by atoms with van der Waals surface area (Å²) < 4.78 is 5.01. The number of ether oxygens (including phenoxy) is 1. The fourth-order valence-electron chi connectivity index (χ4n) is 3.05. The van der Waals surface area contributed by atoms with Gasteiger partial charge in [0.1, 0.15) is 0 Å². The number of aliphatic hydroxyl groups excluding tert-OH is 1. The number of halogens is 1. The molecular formula is C20H43IN4O3. The molecule has 8 heteroatoms. The van der Waals surface area contributed by atoms with Gasteiger partial charge in [0.05, 0.1) is 6.61 Å². The summed E-state index contributed by atoms with van der Waals surface area (Å²) in [4.78, 5) is 16.5. The van der Waals surface area contributed by atoms with Gasteiger partial charge in [-0.25, -0.2) is 4.79 Å². The number of hydrogen-bond acceptors (Lipinski definition) is 4. The molecule has 0 saturated heterocycles. The Bertz CT molecular complexity index is 430. The summed E-state index contributed by atoms with van der Waals surface area (Å²) >= 11 is 0. The third-order valence-electron chi connectivity index (χ3n) is 4.93. The predicted octanol–water partition coefficient (Wildman–Crippen LogP) is 3.51. The Hall–Kier alpha value is -0.770. The van der Waals surface area contributed by atoms with Gasteiger partial charge in [0.2, 0.25) is 0 Å². The molecule has 168 valence electrons. The molecule has 7 nitrogen and oxygen atoms in total. The molecule has 0 fully saturated rings. The van der Waals surface area contributed by atoms with E-state index in [2.05, 4.69) is 43.6 Å². The quantitative estimate of drug-likeness (QED) is 0.172. The summed E-state index contributed by atoms with van der Waals surface area (Å²) in [5.41, 5.74) is 0.0254. The summed E-state index contributed by atoms with van der Waals surface area (Å²) in [6, 6.07) is -0.0348. The maximum absolute atomic E-state index is 11.8. The van der Waals surface area contributed by atoms with Gasteiger partial charge in [-0.15, -0.1) is 24.0 Å². The zero-order valence-electron chi connectivity index (χ0n) is 18.6. The molecule has 0 radical (unpaired) electrons. The summed E-state index contributed by atoms with van der Waals surface area (Å²) in [6.07, 6.45) is 3.18. The highest BCUT2D eigenvalue weighted by molar-refractivity contribution is 14.0. The first-order valence-electron chi connectivity index (χ1n) is 10.4. The number of amides is 1. The van der Waals surface area contributed by atoms with Gasteiger partial charge in [0.15, 0.2) is 5.96 Å². The van der Waals surface area contributed by atoms with Gasteiger partial charge in [-0.05, 0) is 50.9 Å². The Morgan fingerprint density at radius 3 is 2.25 bits per heavy atom. The molecule has 1 atom stereocenters. The number of aliphatic hydroxyl groups is 1. The molecule has 0 heterocycles. The van der Waals surface area contributed by atoms with Gasteiger partial charge in [-0.3, -0.25) is 4.99 Å². The van der Waals surface area contributed by atoms with Crippen LogP contribution in [-0.2, 0) is 4.74 Å². The van der Waals surface area contributed by atoms with E-state index in [1.54, 1.807) is 6.92 Å². The van der Waals surface area contributed by atoms with Crippen molar-refractivity contribution in [2.75, 3.05) is 32.8 Å². The van der Waals surface area contributed by atoms with Crippen LogP contribution in [0, 0.1) is 11.3 Å². The lowest BCUT2D eigenvalue weighted by atomic mass is 9.79. The van der Waals surface area contributed by atoms with E-state index in [-0.39, 0.29) is 48.1 Å². The second-order valence-corrected chi connectivity index (χ2v) is 7.45. The normalized spacial score (nSPS) is 12.9. The molecule has 1 unspecified atom stereocenters. The van der Waals surface area contributed by atoms with Gasteiger partial charge in [0, 0.05) is 32.3 Å². The highest BCUT2D eigenvalue weighted by atomic mass is 127. The van der Waals surface area contributed by atoms with E-state index in [1.165, 1.54) is 0 Å². The fourth-order valence-corrected chi connectivity index (χ4v) is 3.05. The number of nitrogens with zero attached hydrogens (tertiary/aromatic N) is 1. The van der Waals surface area contributed by atoms with E-state index < -0.39 is 0 Å². The first-order valence-corrected chi connectivity index (χ1v) is 10.4. The van der Waals surface area contributed by atoms with Crippen LogP contribution in [0.1, 0.15) is 67.2 Å². The summed E-state index contributed by atoms with van der Waals surface area (Å²) in [5.74, 6) is 1.19. The highest BCUT2D eigenvalue weighted by Gasteiger charge is 2.25. The van der Waals surface area contributed by atoms with E-state index in [4.69, 9.17) is 9.73 Å². The minimum absolute atomic E-state index is 0. The van der Waals surface area contributed by atoms with E-state index in [9.17, 15) is 9.90 Å². The van der Waals surface area contributed by atoms with Gasteiger partial charge in [-0.2, -0.15) is 0 Å². The van der Waals surface area contributed by atoms with Gasteiger partial charge in [-0.1, -0.05) is 27.7 Å². The molecule has 0 aromatic heterocycles. The summed E-state index contributed by atoms with van der Waals surface area (Å²) in [5, 5.41) is 18.9. The molecule has 0 bridgehead atoms. The second-order valence-electron chi connectivity index (χ2n) is 7.45. The molecule has 0 aliphatic rings. The molecule has 0 aromatic rings. The monoisotopic (exact) mass is 514 g/mol. The predicted molar refractivity (Wildman–Crippen MR) is 128 cm³/mol. The van der Waals surface area contributed by atoms with Gasteiger partial charge in [0.25, 0.3) is 0 Å².